The number of fused-ring (bicyclic) bond motifs is 1. The summed E-state index contributed by atoms with van der Waals surface area (Å²) >= 11 is 12.4. The van der Waals surface area contributed by atoms with Gasteiger partial charge >= 0.3 is 0 Å². The maximum atomic E-state index is 12.7. The molecule has 2 aromatic carbocycles. The minimum atomic E-state index is -0.0468. The number of carbonyl (C=O) groups is 1. The molecule has 0 unspecified atom stereocenters. The van der Waals surface area contributed by atoms with Crippen LogP contribution in [-0.2, 0) is 9.53 Å². The summed E-state index contributed by atoms with van der Waals surface area (Å²) in [5.74, 6) is 0.585. The van der Waals surface area contributed by atoms with Gasteiger partial charge in [0.25, 0.3) is 0 Å². The van der Waals surface area contributed by atoms with Gasteiger partial charge in [0.2, 0.25) is 5.91 Å². The van der Waals surface area contributed by atoms with E-state index >= 15 is 0 Å². The van der Waals surface area contributed by atoms with Crippen LogP contribution in [0.2, 0.25) is 10.0 Å². The van der Waals surface area contributed by atoms with E-state index in [1.54, 1.807) is 17.0 Å². The first kappa shape index (κ1) is 19.1. The highest BCUT2D eigenvalue weighted by Crippen LogP contribution is 2.41. The fourth-order valence-corrected chi connectivity index (χ4v) is 3.73. The van der Waals surface area contributed by atoms with Gasteiger partial charge in [0, 0.05) is 35.1 Å². The van der Waals surface area contributed by atoms with Gasteiger partial charge in [-0.2, -0.15) is 0 Å². The van der Waals surface area contributed by atoms with Crippen LogP contribution in [0.4, 0.5) is 0 Å². The Morgan fingerprint density at radius 3 is 2.50 bits per heavy atom. The molecule has 4 nitrogen and oxygen atoms in total. The number of furan rings is 1. The van der Waals surface area contributed by atoms with E-state index in [9.17, 15) is 4.79 Å². The first-order valence-electron chi connectivity index (χ1n) is 9.07. The molecule has 1 fully saturated rings. The Bertz CT molecular complexity index is 1050. The smallest absolute Gasteiger partial charge is 0.247 e. The molecule has 0 saturated carbocycles. The average molecular weight is 416 g/mol. The van der Waals surface area contributed by atoms with Crippen LogP contribution in [0, 0.1) is 0 Å². The molecule has 1 aromatic heterocycles. The fraction of sp³-hybridized carbons (Fsp3) is 0.227. The lowest BCUT2D eigenvalue weighted by Crippen LogP contribution is -2.39. The second kappa shape index (κ2) is 8.00. The van der Waals surface area contributed by atoms with E-state index in [1.165, 1.54) is 0 Å². The SMILES string of the molecule is C/C(=C\C(=O)N1CCOCC1)c1oc2c(Cl)cccc2c1-c1ccc(Cl)cc1. The zero-order valence-corrected chi connectivity index (χ0v) is 16.9. The zero-order valence-electron chi connectivity index (χ0n) is 15.4. The van der Waals surface area contributed by atoms with Crippen molar-refractivity contribution in [3.8, 4) is 11.1 Å². The van der Waals surface area contributed by atoms with Crippen molar-refractivity contribution in [2.24, 2.45) is 0 Å². The Kier molecular flexibility index (Phi) is 5.44. The Morgan fingerprint density at radius 1 is 1.07 bits per heavy atom. The van der Waals surface area contributed by atoms with Gasteiger partial charge in [-0.1, -0.05) is 47.5 Å². The molecule has 28 heavy (non-hydrogen) atoms. The Morgan fingerprint density at radius 2 is 1.79 bits per heavy atom. The molecule has 1 saturated heterocycles. The van der Waals surface area contributed by atoms with Crippen molar-refractivity contribution in [1.29, 1.82) is 0 Å². The van der Waals surface area contributed by atoms with Crippen LogP contribution in [0.5, 0.6) is 0 Å². The summed E-state index contributed by atoms with van der Waals surface area (Å²) in [5, 5.41) is 2.09. The molecule has 0 spiro atoms. The van der Waals surface area contributed by atoms with E-state index < -0.39 is 0 Å². The van der Waals surface area contributed by atoms with Crippen molar-refractivity contribution in [2.75, 3.05) is 26.3 Å². The van der Waals surface area contributed by atoms with Crippen molar-refractivity contribution in [2.45, 2.75) is 6.92 Å². The molecule has 3 aromatic rings. The van der Waals surface area contributed by atoms with E-state index in [4.69, 9.17) is 32.4 Å². The van der Waals surface area contributed by atoms with Crippen LogP contribution in [0.15, 0.2) is 53.0 Å². The first-order chi connectivity index (χ1) is 13.5. The first-order valence-corrected chi connectivity index (χ1v) is 9.82. The summed E-state index contributed by atoms with van der Waals surface area (Å²) in [6.07, 6.45) is 1.62. The Labute approximate surface area is 173 Å². The second-order valence-electron chi connectivity index (χ2n) is 6.69. The largest absolute Gasteiger partial charge is 0.454 e. The summed E-state index contributed by atoms with van der Waals surface area (Å²) in [6, 6.07) is 13.2. The molecule has 144 valence electrons. The van der Waals surface area contributed by atoms with Gasteiger partial charge in [0.05, 0.1) is 18.2 Å². The van der Waals surface area contributed by atoms with Gasteiger partial charge < -0.3 is 14.1 Å². The van der Waals surface area contributed by atoms with E-state index in [0.29, 0.717) is 47.7 Å². The number of ether oxygens (including phenoxy) is 1. The molecule has 1 amide bonds. The summed E-state index contributed by atoms with van der Waals surface area (Å²) < 4.78 is 11.5. The number of hydrogen-bond acceptors (Lipinski definition) is 3. The van der Waals surface area contributed by atoms with Gasteiger partial charge in [-0.15, -0.1) is 0 Å². The monoisotopic (exact) mass is 415 g/mol. The van der Waals surface area contributed by atoms with Crippen LogP contribution in [0.1, 0.15) is 12.7 Å². The topological polar surface area (TPSA) is 42.7 Å². The number of rotatable bonds is 3. The molecule has 0 radical (unpaired) electrons. The van der Waals surface area contributed by atoms with Crippen LogP contribution >= 0.6 is 23.2 Å². The molecular weight excluding hydrogens is 397 g/mol. The number of carbonyl (C=O) groups excluding carboxylic acids is 1. The minimum Gasteiger partial charge on any atom is -0.454 e. The summed E-state index contributed by atoms with van der Waals surface area (Å²) in [7, 11) is 0. The molecule has 0 atom stereocenters. The second-order valence-corrected chi connectivity index (χ2v) is 7.54. The molecule has 6 heteroatoms. The number of amides is 1. The maximum Gasteiger partial charge on any atom is 0.247 e. The highest BCUT2D eigenvalue weighted by atomic mass is 35.5. The normalized spacial score (nSPS) is 15.2. The lowest BCUT2D eigenvalue weighted by atomic mass is 9.99. The molecule has 1 aliphatic rings. The van der Waals surface area contributed by atoms with Crippen molar-refractivity contribution in [3.05, 3.63) is 64.3 Å². The van der Waals surface area contributed by atoms with Gasteiger partial charge in [-0.05, 0) is 36.3 Å². The third-order valence-electron chi connectivity index (χ3n) is 4.82. The third-order valence-corrected chi connectivity index (χ3v) is 5.37. The lowest BCUT2D eigenvalue weighted by molar-refractivity contribution is -0.129. The van der Waals surface area contributed by atoms with E-state index in [1.807, 2.05) is 43.3 Å². The molecule has 0 bridgehead atoms. The standard InChI is InChI=1S/C22H19Cl2NO3/c1-14(13-19(26)25-9-11-27-12-10-25)21-20(15-5-7-16(23)8-6-15)17-3-2-4-18(24)22(17)28-21/h2-8,13H,9-12H2,1H3/b14-13+. The maximum absolute atomic E-state index is 12.7. The zero-order chi connectivity index (χ0) is 19.7. The third kappa shape index (κ3) is 3.68. The fourth-order valence-electron chi connectivity index (χ4n) is 3.39. The summed E-state index contributed by atoms with van der Waals surface area (Å²) in [5.41, 5.74) is 3.20. The molecule has 4 rings (SSSR count). The number of halogens is 2. The van der Waals surface area contributed by atoms with Crippen molar-refractivity contribution < 1.29 is 13.9 Å². The van der Waals surface area contributed by atoms with E-state index in [0.717, 1.165) is 22.1 Å². The molecule has 0 aliphatic carbocycles. The van der Waals surface area contributed by atoms with Crippen LogP contribution in [0.3, 0.4) is 0 Å². The van der Waals surface area contributed by atoms with Gasteiger partial charge in [0.15, 0.2) is 5.58 Å². The number of para-hydroxylation sites is 1. The van der Waals surface area contributed by atoms with E-state index in [2.05, 4.69) is 0 Å². The van der Waals surface area contributed by atoms with Gasteiger partial charge in [-0.3, -0.25) is 4.79 Å². The molecule has 2 heterocycles. The van der Waals surface area contributed by atoms with Crippen LogP contribution < -0.4 is 0 Å². The predicted molar refractivity (Wildman–Crippen MR) is 113 cm³/mol. The number of hydrogen-bond donors (Lipinski definition) is 0. The quantitative estimate of drug-likeness (QED) is 0.517. The number of benzene rings is 2. The number of morpholine rings is 1. The molecule has 1 aliphatic heterocycles. The van der Waals surface area contributed by atoms with Crippen molar-refractivity contribution in [1.82, 2.24) is 4.90 Å². The van der Waals surface area contributed by atoms with Gasteiger partial charge in [0.1, 0.15) is 5.76 Å². The number of allylic oxidation sites excluding steroid dienone is 1. The molecular formula is C22H19Cl2NO3. The lowest BCUT2D eigenvalue weighted by Gasteiger charge is -2.25. The van der Waals surface area contributed by atoms with Crippen LogP contribution in [-0.4, -0.2) is 37.1 Å². The predicted octanol–water partition coefficient (Wildman–Crippen LogP) is 5.67. The van der Waals surface area contributed by atoms with Gasteiger partial charge in [-0.25, -0.2) is 0 Å². The Hall–Kier alpha value is -2.27. The van der Waals surface area contributed by atoms with E-state index in [-0.39, 0.29) is 5.91 Å². The van der Waals surface area contributed by atoms with Crippen LogP contribution in [0.25, 0.3) is 27.7 Å². The Balaban J connectivity index is 1.82. The minimum absolute atomic E-state index is 0.0468. The summed E-state index contributed by atoms with van der Waals surface area (Å²) in [4.78, 5) is 14.4. The summed E-state index contributed by atoms with van der Waals surface area (Å²) in [6.45, 7) is 4.20. The highest BCUT2D eigenvalue weighted by Gasteiger charge is 2.21. The van der Waals surface area contributed by atoms with Crippen molar-refractivity contribution >= 4 is 45.7 Å². The average Bonchev–Trinajstić information content (AvgIpc) is 3.10. The number of nitrogens with zero attached hydrogens (tertiary/aromatic N) is 1. The van der Waals surface area contributed by atoms with Crippen molar-refractivity contribution in [3.63, 3.8) is 0 Å². The molecule has 0 N–H and O–H groups in total. The highest BCUT2D eigenvalue weighted by molar-refractivity contribution is 6.35.